The maximum absolute atomic E-state index is 12.9. The number of rotatable bonds is 4. The van der Waals surface area contributed by atoms with Crippen molar-refractivity contribution in [1.29, 1.82) is 0 Å². The van der Waals surface area contributed by atoms with Crippen LogP contribution in [-0.4, -0.2) is 75.5 Å². The number of carbonyl (C=O) groups is 2. The van der Waals surface area contributed by atoms with Crippen LogP contribution in [0.2, 0.25) is 0 Å². The Bertz CT molecular complexity index is 872. The number of carbonyl (C=O) groups excluding carboxylic acids is 1. The van der Waals surface area contributed by atoms with Gasteiger partial charge in [-0.2, -0.15) is 0 Å². The Kier molecular flexibility index (Phi) is 5.04. The first-order valence-electron chi connectivity index (χ1n) is 9.58. The van der Waals surface area contributed by atoms with E-state index in [-0.39, 0.29) is 25.4 Å². The maximum atomic E-state index is 12.9. The quantitative estimate of drug-likeness (QED) is 0.814. The molecule has 1 fully saturated rings. The largest absolute Gasteiger partial charge is 0.480 e. The fourth-order valence-corrected chi connectivity index (χ4v) is 3.99. The van der Waals surface area contributed by atoms with Crippen molar-refractivity contribution in [1.82, 2.24) is 19.8 Å². The van der Waals surface area contributed by atoms with Gasteiger partial charge in [-0.05, 0) is 24.6 Å². The minimum Gasteiger partial charge on any atom is -0.480 e. The molecule has 8 heteroatoms. The summed E-state index contributed by atoms with van der Waals surface area (Å²) >= 11 is 0. The van der Waals surface area contributed by atoms with Gasteiger partial charge >= 0.3 is 5.97 Å². The molecule has 1 amide bonds. The summed E-state index contributed by atoms with van der Waals surface area (Å²) in [6, 6.07) is 7.58. The van der Waals surface area contributed by atoms with Crippen molar-refractivity contribution >= 4 is 17.6 Å². The van der Waals surface area contributed by atoms with Gasteiger partial charge in [-0.25, -0.2) is 9.78 Å². The van der Waals surface area contributed by atoms with Gasteiger partial charge in [0.15, 0.2) is 0 Å². The molecule has 1 aromatic carbocycles. The topological polar surface area (TPSA) is 92.8 Å². The van der Waals surface area contributed by atoms with Crippen LogP contribution in [-0.2, 0) is 22.6 Å². The summed E-state index contributed by atoms with van der Waals surface area (Å²) < 4.78 is 0. The SMILES string of the molecule is Cc1cccc(N2CCN(CC(=O)N3Cc4[nH]cnc4CC3C(=O)O)CC2)c1. The summed E-state index contributed by atoms with van der Waals surface area (Å²) in [7, 11) is 0. The molecule has 148 valence electrons. The second-order valence-corrected chi connectivity index (χ2v) is 7.51. The third kappa shape index (κ3) is 3.73. The number of aryl methyl sites for hydroxylation is 1. The first-order chi connectivity index (χ1) is 13.5. The molecule has 3 heterocycles. The number of benzene rings is 1. The lowest BCUT2D eigenvalue weighted by atomic mass is 10.0. The number of amides is 1. The van der Waals surface area contributed by atoms with E-state index in [2.05, 4.69) is 51.0 Å². The van der Waals surface area contributed by atoms with Gasteiger partial charge in [0, 0.05) is 38.3 Å². The van der Waals surface area contributed by atoms with E-state index in [9.17, 15) is 14.7 Å². The molecule has 2 aliphatic rings. The van der Waals surface area contributed by atoms with Crippen LogP contribution in [0.1, 0.15) is 17.0 Å². The van der Waals surface area contributed by atoms with Gasteiger partial charge in [-0.3, -0.25) is 9.69 Å². The molecule has 1 atom stereocenters. The summed E-state index contributed by atoms with van der Waals surface area (Å²) in [4.78, 5) is 37.6. The van der Waals surface area contributed by atoms with Gasteiger partial charge in [0.2, 0.25) is 5.91 Å². The number of carboxylic acid groups (broad SMARTS) is 1. The number of nitrogens with one attached hydrogen (secondary N) is 1. The van der Waals surface area contributed by atoms with Crippen molar-refractivity contribution < 1.29 is 14.7 Å². The van der Waals surface area contributed by atoms with Gasteiger partial charge in [-0.15, -0.1) is 0 Å². The number of hydrogen-bond acceptors (Lipinski definition) is 5. The van der Waals surface area contributed by atoms with Crippen LogP contribution < -0.4 is 4.90 Å². The average Bonchev–Trinajstić information content (AvgIpc) is 3.15. The van der Waals surface area contributed by atoms with Crippen LogP contribution in [0.4, 0.5) is 5.69 Å². The van der Waals surface area contributed by atoms with E-state index in [0.717, 1.165) is 37.6 Å². The molecule has 2 aromatic rings. The number of aliphatic carboxylic acids is 1. The fourth-order valence-electron chi connectivity index (χ4n) is 3.99. The first-order valence-corrected chi connectivity index (χ1v) is 9.58. The molecule has 28 heavy (non-hydrogen) atoms. The van der Waals surface area contributed by atoms with Crippen LogP contribution >= 0.6 is 0 Å². The highest BCUT2D eigenvalue weighted by Gasteiger charge is 2.36. The summed E-state index contributed by atoms with van der Waals surface area (Å²) in [5, 5.41) is 9.56. The standard InChI is InChI=1S/C20H25N5O3/c1-14-3-2-4-15(9-14)24-7-5-23(6-8-24)12-19(26)25-11-17-16(21-13-22-17)10-18(25)20(27)28/h2-4,9,13,18H,5-8,10-12H2,1H3,(H,21,22)(H,27,28). The van der Waals surface area contributed by atoms with E-state index in [0.29, 0.717) is 0 Å². The minimum atomic E-state index is -0.980. The van der Waals surface area contributed by atoms with Crippen molar-refractivity contribution in [3.8, 4) is 0 Å². The summed E-state index contributed by atoms with van der Waals surface area (Å²) in [6.07, 6.45) is 1.81. The monoisotopic (exact) mass is 383 g/mol. The lowest BCUT2D eigenvalue weighted by Crippen LogP contribution is -2.54. The van der Waals surface area contributed by atoms with Crippen molar-refractivity contribution in [3.63, 3.8) is 0 Å². The Labute approximate surface area is 163 Å². The molecule has 2 N–H and O–H groups in total. The number of imidazole rings is 1. The second-order valence-electron chi connectivity index (χ2n) is 7.51. The van der Waals surface area contributed by atoms with Gasteiger partial charge in [-0.1, -0.05) is 12.1 Å². The van der Waals surface area contributed by atoms with Crippen LogP contribution in [0.5, 0.6) is 0 Å². The van der Waals surface area contributed by atoms with E-state index >= 15 is 0 Å². The molecular weight excluding hydrogens is 358 g/mol. The zero-order valence-corrected chi connectivity index (χ0v) is 16.0. The molecule has 8 nitrogen and oxygen atoms in total. The summed E-state index contributed by atoms with van der Waals surface area (Å²) in [5.74, 6) is -1.12. The number of aromatic nitrogens is 2. The fraction of sp³-hybridized carbons (Fsp3) is 0.450. The first kappa shape index (κ1) is 18.5. The number of carboxylic acids is 1. The van der Waals surface area contributed by atoms with Gasteiger partial charge < -0.3 is 19.9 Å². The molecule has 1 saturated heterocycles. The number of fused-ring (bicyclic) bond motifs is 1. The lowest BCUT2D eigenvalue weighted by Gasteiger charge is -2.38. The number of H-pyrrole nitrogens is 1. The predicted octanol–water partition coefficient (Wildman–Crippen LogP) is 0.878. The minimum absolute atomic E-state index is 0.142. The Hall–Kier alpha value is -2.87. The average molecular weight is 383 g/mol. The van der Waals surface area contributed by atoms with E-state index in [1.165, 1.54) is 16.2 Å². The predicted molar refractivity (Wildman–Crippen MR) is 104 cm³/mol. The molecule has 0 aliphatic carbocycles. The molecule has 1 unspecified atom stereocenters. The van der Waals surface area contributed by atoms with Crippen molar-refractivity contribution in [3.05, 3.63) is 47.5 Å². The van der Waals surface area contributed by atoms with E-state index in [4.69, 9.17) is 0 Å². The van der Waals surface area contributed by atoms with Gasteiger partial charge in [0.05, 0.1) is 30.8 Å². The highest BCUT2D eigenvalue weighted by Crippen LogP contribution is 2.22. The second kappa shape index (κ2) is 7.63. The molecule has 0 spiro atoms. The molecule has 4 rings (SSSR count). The smallest absolute Gasteiger partial charge is 0.326 e. The number of piperazine rings is 1. The molecular formula is C20H25N5O3. The third-order valence-corrected chi connectivity index (χ3v) is 5.60. The Morgan fingerprint density at radius 2 is 2.04 bits per heavy atom. The highest BCUT2D eigenvalue weighted by molar-refractivity contribution is 5.85. The Morgan fingerprint density at radius 1 is 1.25 bits per heavy atom. The zero-order valence-electron chi connectivity index (χ0n) is 16.0. The molecule has 1 aromatic heterocycles. The van der Waals surface area contributed by atoms with Gasteiger partial charge in [0.25, 0.3) is 0 Å². The van der Waals surface area contributed by atoms with Crippen LogP contribution in [0, 0.1) is 6.92 Å². The van der Waals surface area contributed by atoms with E-state index < -0.39 is 12.0 Å². The third-order valence-electron chi connectivity index (χ3n) is 5.60. The summed E-state index contributed by atoms with van der Waals surface area (Å²) in [6.45, 7) is 5.86. The van der Waals surface area contributed by atoms with Crippen LogP contribution in [0.3, 0.4) is 0 Å². The lowest BCUT2D eigenvalue weighted by molar-refractivity contribution is -0.152. The number of anilines is 1. The number of hydrogen-bond donors (Lipinski definition) is 2. The Morgan fingerprint density at radius 3 is 2.75 bits per heavy atom. The normalized spacial score (nSPS) is 20.1. The highest BCUT2D eigenvalue weighted by atomic mass is 16.4. The van der Waals surface area contributed by atoms with Crippen molar-refractivity contribution in [2.24, 2.45) is 0 Å². The Balaban J connectivity index is 1.37. The molecule has 0 radical (unpaired) electrons. The van der Waals surface area contributed by atoms with Crippen molar-refractivity contribution in [2.45, 2.75) is 25.9 Å². The van der Waals surface area contributed by atoms with Crippen molar-refractivity contribution in [2.75, 3.05) is 37.6 Å². The summed E-state index contributed by atoms with van der Waals surface area (Å²) in [5.41, 5.74) is 4.01. The van der Waals surface area contributed by atoms with Crippen LogP contribution in [0.25, 0.3) is 0 Å². The number of nitrogens with zero attached hydrogens (tertiary/aromatic N) is 4. The number of aromatic amines is 1. The van der Waals surface area contributed by atoms with E-state index in [1.54, 1.807) is 6.33 Å². The van der Waals surface area contributed by atoms with E-state index in [1.807, 2.05) is 0 Å². The maximum Gasteiger partial charge on any atom is 0.326 e. The zero-order chi connectivity index (χ0) is 19.7. The molecule has 0 saturated carbocycles. The molecule has 2 aliphatic heterocycles. The molecule has 0 bridgehead atoms. The van der Waals surface area contributed by atoms with Crippen LogP contribution in [0.15, 0.2) is 30.6 Å². The van der Waals surface area contributed by atoms with Gasteiger partial charge in [0.1, 0.15) is 6.04 Å².